The number of nitro benzene ring substituents is 1. The van der Waals surface area contributed by atoms with Crippen LogP contribution < -0.4 is 5.32 Å². The van der Waals surface area contributed by atoms with Gasteiger partial charge in [-0.05, 0) is 19.1 Å². The van der Waals surface area contributed by atoms with Crippen molar-refractivity contribution in [3.8, 4) is 0 Å². The van der Waals surface area contributed by atoms with Gasteiger partial charge < -0.3 is 5.32 Å². The summed E-state index contributed by atoms with van der Waals surface area (Å²) >= 11 is 11.6. The van der Waals surface area contributed by atoms with Gasteiger partial charge in [0.2, 0.25) is 5.91 Å². The van der Waals surface area contributed by atoms with Crippen molar-refractivity contribution in [3.63, 3.8) is 0 Å². The van der Waals surface area contributed by atoms with E-state index in [9.17, 15) is 14.9 Å². The van der Waals surface area contributed by atoms with Crippen LogP contribution in [-0.2, 0) is 11.3 Å². The Morgan fingerprint density at radius 2 is 2.18 bits per heavy atom. The molecule has 1 aromatic heterocycles. The van der Waals surface area contributed by atoms with Crippen molar-refractivity contribution in [2.75, 3.05) is 5.32 Å². The van der Waals surface area contributed by atoms with Crippen LogP contribution in [0.25, 0.3) is 0 Å². The number of amides is 1. The highest BCUT2D eigenvalue weighted by atomic mass is 35.5. The lowest BCUT2D eigenvalue weighted by Gasteiger charge is -2.07. The van der Waals surface area contributed by atoms with Crippen LogP contribution in [0.2, 0.25) is 10.0 Å². The molecule has 0 aliphatic rings. The molecule has 116 valence electrons. The normalized spacial score (nSPS) is 10.5. The topological polar surface area (TPSA) is 90.1 Å². The first-order valence-corrected chi connectivity index (χ1v) is 7.06. The number of hydrogen-bond donors (Lipinski definition) is 1. The van der Waals surface area contributed by atoms with Gasteiger partial charge in [-0.2, -0.15) is 5.10 Å². The van der Waals surface area contributed by atoms with E-state index >= 15 is 0 Å². The van der Waals surface area contributed by atoms with Crippen LogP contribution >= 0.6 is 23.2 Å². The molecule has 0 saturated carbocycles. The van der Waals surface area contributed by atoms with E-state index in [1.165, 1.54) is 24.4 Å². The van der Waals surface area contributed by atoms with Crippen LogP contribution in [0.4, 0.5) is 11.4 Å². The van der Waals surface area contributed by atoms with E-state index in [4.69, 9.17) is 23.2 Å². The Kier molecular flexibility index (Phi) is 4.99. The highest BCUT2D eigenvalue weighted by Gasteiger charge is 2.16. The number of rotatable bonds is 5. The van der Waals surface area contributed by atoms with Gasteiger partial charge in [-0.1, -0.05) is 23.2 Å². The molecule has 0 spiro atoms. The molecule has 1 amide bonds. The second-order valence-electron chi connectivity index (χ2n) is 4.52. The Morgan fingerprint density at radius 3 is 2.77 bits per heavy atom. The SMILES string of the molecule is Cc1c(Cl)cnn1CCC(=O)Nc1ccc(Cl)cc1[N+](=O)[O-]. The first-order chi connectivity index (χ1) is 10.4. The van der Waals surface area contributed by atoms with Crippen molar-refractivity contribution in [2.24, 2.45) is 0 Å². The minimum Gasteiger partial charge on any atom is -0.320 e. The van der Waals surface area contributed by atoms with Crippen LogP contribution in [0.15, 0.2) is 24.4 Å². The van der Waals surface area contributed by atoms with Gasteiger partial charge in [0.25, 0.3) is 5.69 Å². The molecule has 0 saturated heterocycles. The average Bonchev–Trinajstić information content (AvgIpc) is 2.78. The largest absolute Gasteiger partial charge is 0.320 e. The van der Waals surface area contributed by atoms with Crippen molar-refractivity contribution in [2.45, 2.75) is 19.9 Å². The van der Waals surface area contributed by atoms with E-state index in [0.717, 1.165) is 5.69 Å². The van der Waals surface area contributed by atoms with Crippen molar-refractivity contribution < 1.29 is 9.72 Å². The lowest BCUT2D eigenvalue weighted by Crippen LogP contribution is -2.16. The molecule has 22 heavy (non-hydrogen) atoms. The summed E-state index contributed by atoms with van der Waals surface area (Å²) in [4.78, 5) is 22.3. The molecule has 1 heterocycles. The maximum atomic E-state index is 11.9. The molecule has 0 bridgehead atoms. The highest BCUT2D eigenvalue weighted by Crippen LogP contribution is 2.27. The maximum absolute atomic E-state index is 11.9. The predicted molar refractivity (Wildman–Crippen MR) is 83.3 cm³/mol. The van der Waals surface area contributed by atoms with Gasteiger partial charge in [0.05, 0.1) is 28.4 Å². The highest BCUT2D eigenvalue weighted by molar-refractivity contribution is 6.31. The maximum Gasteiger partial charge on any atom is 0.294 e. The zero-order chi connectivity index (χ0) is 16.3. The van der Waals surface area contributed by atoms with Gasteiger partial charge in [-0.3, -0.25) is 19.6 Å². The van der Waals surface area contributed by atoms with Gasteiger partial charge in [0, 0.05) is 17.5 Å². The Bertz CT molecular complexity index is 730. The number of benzene rings is 1. The van der Waals surface area contributed by atoms with Gasteiger partial charge in [-0.15, -0.1) is 0 Å². The predicted octanol–water partition coefficient (Wildman–Crippen LogP) is 3.44. The van der Waals surface area contributed by atoms with E-state index in [1.54, 1.807) is 11.6 Å². The number of nitrogens with zero attached hydrogens (tertiary/aromatic N) is 3. The number of carbonyl (C=O) groups is 1. The molecule has 0 atom stereocenters. The summed E-state index contributed by atoms with van der Waals surface area (Å²) in [5.41, 5.74) is 0.612. The zero-order valence-electron chi connectivity index (χ0n) is 11.5. The van der Waals surface area contributed by atoms with E-state index in [-0.39, 0.29) is 28.7 Å². The number of aromatic nitrogens is 2. The lowest BCUT2D eigenvalue weighted by atomic mass is 10.2. The van der Waals surface area contributed by atoms with Gasteiger partial charge >= 0.3 is 0 Å². The minimum atomic E-state index is -0.598. The minimum absolute atomic E-state index is 0.106. The van der Waals surface area contributed by atoms with Crippen molar-refractivity contribution in [3.05, 3.63) is 50.2 Å². The number of halogens is 2. The molecular formula is C13H12Cl2N4O3. The molecule has 9 heteroatoms. The van der Waals surface area contributed by atoms with Crippen LogP contribution in [0, 0.1) is 17.0 Å². The number of anilines is 1. The van der Waals surface area contributed by atoms with Crippen molar-refractivity contribution in [1.29, 1.82) is 0 Å². The summed E-state index contributed by atoms with van der Waals surface area (Å²) in [5.74, 6) is -0.364. The van der Waals surface area contributed by atoms with Crippen LogP contribution in [-0.4, -0.2) is 20.6 Å². The summed E-state index contributed by atoms with van der Waals surface area (Å²) in [6.45, 7) is 2.11. The summed E-state index contributed by atoms with van der Waals surface area (Å²) in [7, 11) is 0. The fourth-order valence-corrected chi connectivity index (χ4v) is 2.14. The zero-order valence-corrected chi connectivity index (χ0v) is 13.1. The monoisotopic (exact) mass is 342 g/mol. The Hall–Kier alpha value is -2.12. The lowest BCUT2D eigenvalue weighted by molar-refractivity contribution is -0.383. The first kappa shape index (κ1) is 16.3. The molecule has 2 aromatic rings. The number of carbonyl (C=O) groups excluding carboxylic acids is 1. The van der Waals surface area contributed by atoms with Crippen molar-refractivity contribution >= 4 is 40.5 Å². The third kappa shape index (κ3) is 3.75. The molecule has 7 nitrogen and oxygen atoms in total. The molecule has 2 rings (SSSR count). The Morgan fingerprint density at radius 1 is 1.45 bits per heavy atom. The number of hydrogen-bond acceptors (Lipinski definition) is 4. The Balaban J connectivity index is 2.03. The van der Waals surface area contributed by atoms with E-state index < -0.39 is 4.92 Å². The third-order valence-corrected chi connectivity index (χ3v) is 3.63. The summed E-state index contributed by atoms with van der Waals surface area (Å²) < 4.78 is 1.60. The second-order valence-corrected chi connectivity index (χ2v) is 5.36. The number of nitro groups is 1. The van der Waals surface area contributed by atoms with Gasteiger partial charge in [-0.25, -0.2) is 0 Å². The fraction of sp³-hybridized carbons (Fsp3) is 0.231. The molecule has 0 aliphatic carbocycles. The molecule has 1 N–H and O–H groups in total. The van der Waals surface area contributed by atoms with Crippen molar-refractivity contribution in [1.82, 2.24) is 9.78 Å². The van der Waals surface area contributed by atoms with Gasteiger partial charge in [0.15, 0.2) is 0 Å². The summed E-state index contributed by atoms with van der Waals surface area (Å²) in [6.07, 6.45) is 1.61. The van der Waals surface area contributed by atoms with E-state index in [1.807, 2.05) is 0 Å². The molecule has 0 radical (unpaired) electrons. The standard InChI is InChI=1S/C13H12Cl2N4O3/c1-8-10(15)7-16-18(8)5-4-13(20)17-11-3-2-9(14)6-12(11)19(21)22/h2-3,6-7H,4-5H2,1H3,(H,17,20). The van der Waals surface area contributed by atoms with Crippen LogP contribution in [0.5, 0.6) is 0 Å². The van der Waals surface area contributed by atoms with Crippen LogP contribution in [0.1, 0.15) is 12.1 Å². The van der Waals surface area contributed by atoms with Crippen LogP contribution in [0.3, 0.4) is 0 Å². The molecule has 0 fully saturated rings. The fourth-order valence-electron chi connectivity index (χ4n) is 1.83. The quantitative estimate of drug-likeness (QED) is 0.665. The third-order valence-electron chi connectivity index (χ3n) is 3.02. The summed E-state index contributed by atoms with van der Waals surface area (Å²) in [6, 6.07) is 4.06. The number of nitrogens with one attached hydrogen (secondary N) is 1. The second kappa shape index (κ2) is 6.76. The van der Waals surface area contributed by atoms with E-state index in [2.05, 4.69) is 10.4 Å². The average molecular weight is 343 g/mol. The molecule has 0 unspecified atom stereocenters. The van der Waals surface area contributed by atoms with E-state index in [0.29, 0.717) is 11.6 Å². The number of aryl methyl sites for hydroxylation is 1. The summed E-state index contributed by atoms with van der Waals surface area (Å²) in [5, 5.41) is 18.2. The first-order valence-electron chi connectivity index (χ1n) is 6.30. The molecule has 0 aliphatic heterocycles. The Labute approximate surface area is 136 Å². The molecular weight excluding hydrogens is 331 g/mol. The smallest absolute Gasteiger partial charge is 0.294 e. The van der Waals surface area contributed by atoms with Gasteiger partial charge in [0.1, 0.15) is 5.69 Å². The molecule has 1 aromatic carbocycles.